The van der Waals surface area contributed by atoms with Crippen molar-refractivity contribution in [3.05, 3.63) is 113 Å². The average molecular weight is 1240 g/mol. The van der Waals surface area contributed by atoms with Gasteiger partial charge in [-0.05, 0) is 114 Å². The number of aryl methyl sites for hydroxylation is 1. The van der Waals surface area contributed by atoms with Crippen molar-refractivity contribution < 1.29 is 64.0 Å². The van der Waals surface area contributed by atoms with E-state index in [-0.39, 0.29) is 60.6 Å². The van der Waals surface area contributed by atoms with Gasteiger partial charge in [-0.25, -0.2) is 4.79 Å². The maximum absolute atomic E-state index is 12.5. The highest BCUT2D eigenvalue weighted by Gasteiger charge is 2.56. The number of phenolic OH excluding ortho intramolecular Hbond substituents is 2. The van der Waals surface area contributed by atoms with E-state index in [1.165, 1.54) is 30.3 Å². The molecular formula is C50H66Cl7F3O11SSi2. The summed E-state index contributed by atoms with van der Waals surface area (Å²) in [7, 11) is -10.5. The third kappa shape index (κ3) is 21.8. The Morgan fingerprint density at radius 2 is 0.892 bits per heavy atom. The first-order valence-corrected chi connectivity index (χ1v) is 31.2. The number of aromatic hydroxyl groups is 2. The van der Waals surface area contributed by atoms with Crippen LogP contribution in [0.3, 0.4) is 0 Å². The lowest BCUT2D eigenvalue weighted by Crippen LogP contribution is -2.51. The lowest BCUT2D eigenvalue weighted by molar-refractivity contribution is -0.0506. The smallest absolute Gasteiger partial charge is 0.522 e. The molecule has 0 aliphatic carbocycles. The number of halogens is 10. The van der Waals surface area contributed by atoms with Gasteiger partial charge >= 0.3 is 21.8 Å². The standard InChI is InChI=1S/C15H24Cl2OSi.C12H13ClO4.C10H21F3O3SSi.C7H4Cl2O2.C6H4Cl2O/c1-10(2)19(11(3)4,12(5)6)18-15-8-13(16)7-14(17)9-15;1-7(2)16-12(15)17-9-4-8(3)10(6-14)11(13)5-9;1-7(2)18(8(3)4,9(5)6)16-17(14,15)10(11,12)13;8-6-1-4(11)2-7(9)5(6)3-10;7-4-1-5(8)3-6(9)2-4/h7-12H,1-6H3;4-7H,1-3H3;7-9H,1-6H3;1-3,11H;1-3,9H. The van der Waals surface area contributed by atoms with Crippen LogP contribution in [0.2, 0.25) is 68.4 Å². The topological polar surface area (TPSA) is 163 Å². The van der Waals surface area contributed by atoms with Gasteiger partial charge in [-0.1, -0.05) is 164 Å². The third-order valence-electron chi connectivity index (χ3n) is 11.1. The number of aldehydes is 2. The number of hydrogen-bond acceptors (Lipinski definition) is 11. The molecule has 24 heteroatoms. The van der Waals surface area contributed by atoms with Crippen molar-refractivity contribution in [3.63, 3.8) is 0 Å². The number of hydrogen-bond donors (Lipinski definition) is 2. The Balaban J connectivity index is 0.000000920. The molecule has 0 saturated heterocycles. The van der Waals surface area contributed by atoms with Crippen molar-refractivity contribution >= 4 is 127 Å². The highest BCUT2D eigenvalue weighted by molar-refractivity contribution is 7.88. The number of phenols is 2. The molecule has 0 heterocycles. The van der Waals surface area contributed by atoms with E-state index >= 15 is 0 Å². The molecule has 0 saturated carbocycles. The van der Waals surface area contributed by atoms with E-state index in [4.69, 9.17) is 109 Å². The first-order chi connectivity index (χ1) is 33.7. The molecular weight excluding hydrogens is 1170 g/mol. The van der Waals surface area contributed by atoms with E-state index in [1.54, 1.807) is 80.5 Å². The molecule has 74 heavy (non-hydrogen) atoms. The summed E-state index contributed by atoms with van der Waals surface area (Å²) in [6, 6.07) is 15.3. The zero-order valence-electron chi connectivity index (χ0n) is 43.7. The Morgan fingerprint density at radius 3 is 1.20 bits per heavy atom. The van der Waals surface area contributed by atoms with E-state index in [0.717, 1.165) is 5.75 Å². The molecule has 416 valence electrons. The Morgan fingerprint density at radius 1 is 0.541 bits per heavy atom. The maximum atomic E-state index is 12.5. The van der Waals surface area contributed by atoms with Crippen molar-refractivity contribution in [2.45, 2.75) is 149 Å². The average Bonchev–Trinajstić information content (AvgIpc) is 3.20. The molecule has 11 nitrogen and oxygen atoms in total. The molecule has 4 aromatic rings. The van der Waals surface area contributed by atoms with Gasteiger partial charge in [0.05, 0.1) is 26.7 Å². The van der Waals surface area contributed by atoms with Gasteiger partial charge in [0.1, 0.15) is 23.0 Å². The number of ether oxygens (including phenoxy) is 2. The minimum absolute atomic E-state index is 0.0504. The van der Waals surface area contributed by atoms with Gasteiger partial charge in [0.2, 0.25) is 8.32 Å². The first-order valence-electron chi connectivity index (χ1n) is 22.8. The number of rotatable bonds is 14. The Kier molecular flexibility index (Phi) is 30.2. The number of carbonyl (C=O) groups excluding carboxylic acids is 3. The zero-order chi connectivity index (χ0) is 58.0. The fourth-order valence-electron chi connectivity index (χ4n) is 8.14. The molecule has 0 aromatic heterocycles. The van der Waals surface area contributed by atoms with Crippen molar-refractivity contribution in [2.24, 2.45) is 0 Å². The van der Waals surface area contributed by atoms with Gasteiger partial charge in [0.25, 0.3) is 8.32 Å². The SMILES string of the molecule is CC(C)[Si](OS(=O)(=O)C(F)(F)F)(C(C)C)C(C)C.CC(C)[Si](Oc1cc(Cl)cc(Cl)c1)(C(C)C)C(C)C.Cc1cc(OC(=O)OC(C)C)cc(Cl)c1C=O.O=Cc1c(Cl)cc(O)cc1Cl.Oc1cc(Cl)cc(Cl)c1. The van der Waals surface area contributed by atoms with Crippen LogP contribution in [-0.4, -0.2) is 65.6 Å². The molecule has 0 aliphatic rings. The van der Waals surface area contributed by atoms with Crippen molar-refractivity contribution in [3.8, 4) is 23.0 Å². The monoisotopic (exact) mass is 1230 g/mol. The second kappa shape index (κ2) is 31.5. The molecule has 4 aromatic carbocycles. The number of alkyl halides is 3. The summed E-state index contributed by atoms with van der Waals surface area (Å²) in [5.41, 5.74) is -3.22. The Bertz CT molecular complexity index is 2420. The number of carbonyl (C=O) groups is 3. The molecule has 2 N–H and O–H groups in total. The van der Waals surface area contributed by atoms with Gasteiger partial charge in [-0.3, -0.25) is 9.59 Å². The lowest BCUT2D eigenvalue weighted by Gasteiger charge is -2.42. The van der Waals surface area contributed by atoms with Gasteiger partial charge in [0.15, 0.2) is 12.6 Å². The molecule has 0 unspecified atom stereocenters. The van der Waals surface area contributed by atoms with Gasteiger partial charge < -0.3 is 28.0 Å². The fraction of sp³-hybridized carbons (Fsp3) is 0.460. The largest absolute Gasteiger partial charge is 0.543 e. The molecule has 0 bridgehead atoms. The fourth-order valence-corrected chi connectivity index (χ4v) is 23.5. The van der Waals surface area contributed by atoms with Crippen LogP contribution in [0.4, 0.5) is 18.0 Å². The highest BCUT2D eigenvalue weighted by Crippen LogP contribution is 2.46. The van der Waals surface area contributed by atoms with Crippen LogP contribution in [0.15, 0.2) is 60.7 Å². The van der Waals surface area contributed by atoms with Crippen LogP contribution in [0.25, 0.3) is 0 Å². The molecule has 4 rings (SSSR count). The summed E-state index contributed by atoms with van der Waals surface area (Å²) in [4.78, 5) is 32.3. The number of benzene rings is 4. The quantitative estimate of drug-likeness (QED) is 0.0406. The van der Waals surface area contributed by atoms with Crippen LogP contribution in [0.1, 0.15) is 123 Å². The van der Waals surface area contributed by atoms with E-state index in [0.29, 0.717) is 60.4 Å². The summed E-state index contributed by atoms with van der Waals surface area (Å²) in [6.07, 6.45) is 0.153. The van der Waals surface area contributed by atoms with E-state index in [2.05, 4.69) is 41.5 Å². The van der Waals surface area contributed by atoms with Crippen LogP contribution >= 0.6 is 81.2 Å². The minimum Gasteiger partial charge on any atom is -0.543 e. The van der Waals surface area contributed by atoms with Gasteiger partial charge in [0, 0.05) is 31.7 Å². The van der Waals surface area contributed by atoms with E-state index < -0.39 is 38.4 Å². The molecule has 0 spiro atoms. The highest BCUT2D eigenvalue weighted by atomic mass is 35.5. The van der Waals surface area contributed by atoms with E-state index in [1.807, 2.05) is 12.1 Å². The van der Waals surface area contributed by atoms with Crippen molar-refractivity contribution in [2.75, 3.05) is 0 Å². The molecule has 0 fully saturated rings. The first kappa shape index (κ1) is 71.1. The van der Waals surface area contributed by atoms with Crippen molar-refractivity contribution in [1.82, 2.24) is 0 Å². The van der Waals surface area contributed by atoms with Crippen LogP contribution < -0.4 is 9.16 Å². The van der Waals surface area contributed by atoms with Crippen LogP contribution in [0, 0.1) is 6.92 Å². The third-order valence-corrected chi connectivity index (χ3v) is 26.9. The van der Waals surface area contributed by atoms with Crippen LogP contribution in [-0.2, 0) is 18.7 Å². The second-order valence-corrected chi connectivity index (χ2v) is 34.2. The minimum atomic E-state index is -5.53. The summed E-state index contributed by atoms with van der Waals surface area (Å²) < 4.78 is 80.9. The zero-order valence-corrected chi connectivity index (χ0v) is 51.8. The van der Waals surface area contributed by atoms with Gasteiger partial charge in [-0.2, -0.15) is 21.6 Å². The Hall–Kier alpha value is -2.95. The molecule has 0 atom stereocenters. The second-order valence-electron chi connectivity index (χ2n) is 18.7. The molecule has 0 amide bonds. The van der Waals surface area contributed by atoms with Gasteiger partial charge in [-0.15, -0.1) is 0 Å². The predicted molar refractivity (Wildman–Crippen MR) is 301 cm³/mol. The normalized spacial score (nSPS) is 11.8. The summed E-state index contributed by atoms with van der Waals surface area (Å²) in [5.74, 6) is 1.10. The molecule has 0 radical (unpaired) electrons. The van der Waals surface area contributed by atoms with Crippen LogP contribution in [0.5, 0.6) is 23.0 Å². The molecule has 0 aliphatic heterocycles. The summed E-state index contributed by atoms with van der Waals surface area (Å²) in [6.45, 7) is 29.0. The van der Waals surface area contributed by atoms with Crippen molar-refractivity contribution in [1.29, 1.82) is 0 Å². The van der Waals surface area contributed by atoms with E-state index in [9.17, 15) is 36.0 Å². The summed E-state index contributed by atoms with van der Waals surface area (Å²) in [5, 5.41) is 20.5. The lowest BCUT2D eigenvalue weighted by atomic mass is 10.1. The Labute approximate surface area is 471 Å². The maximum Gasteiger partial charge on any atom is 0.522 e. The summed E-state index contributed by atoms with van der Waals surface area (Å²) >= 11 is 40.1. The predicted octanol–water partition coefficient (Wildman–Crippen LogP) is 19.2.